The third-order valence-corrected chi connectivity index (χ3v) is 4.79. The molecule has 6 heteroatoms. The quantitative estimate of drug-likeness (QED) is 0.718. The molecule has 0 heterocycles. The first-order valence-electron chi connectivity index (χ1n) is 7.49. The molecule has 0 N–H and O–H groups in total. The van der Waals surface area contributed by atoms with Gasteiger partial charge in [-0.2, -0.15) is 8.42 Å². The van der Waals surface area contributed by atoms with E-state index in [1.807, 2.05) is 0 Å². The molecule has 0 amide bonds. The largest absolute Gasteiger partial charge is 0.496 e. The fourth-order valence-electron chi connectivity index (χ4n) is 2.21. The predicted octanol–water partition coefficient (Wildman–Crippen LogP) is 3.29. The Balaban J connectivity index is 2.14. The standard InChI is InChI=1S/C18H20O5S/c1-13-12-17(10-11-18(13)22-3)24(20,21)23-16-8-6-15(7-9-16)5-4-14(2)19/h6-12H,4-5H2,1-3H3. The van der Waals surface area contributed by atoms with Gasteiger partial charge in [-0.25, -0.2) is 0 Å². The lowest BCUT2D eigenvalue weighted by Gasteiger charge is -2.10. The molecule has 0 saturated heterocycles. The molecular formula is C18H20O5S. The number of aryl methyl sites for hydroxylation is 2. The van der Waals surface area contributed by atoms with Crippen LogP contribution in [0, 0.1) is 6.92 Å². The third kappa shape index (κ3) is 4.58. The van der Waals surface area contributed by atoms with Crippen molar-refractivity contribution in [1.29, 1.82) is 0 Å². The molecule has 0 atom stereocenters. The Morgan fingerprint density at radius 3 is 2.29 bits per heavy atom. The number of Topliss-reactive ketones (excluding diaryl/α,β-unsaturated/α-hetero) is 1. The van der Waals surface area contributed by atoms with E-state index >= 15 is 0 Å². The van der Waals surface area contributed by atoms with Crippen LogP contribution < -0.4 is 8.92 Å². The minimum absolute atomic E-state index is 0.0708. The summed E-state index contributed by atoms with van der Waals surface area (Å²) in [6.45, 7) is 3.31. The second-order valence-electron chi connectivity index (χ2n) is 5.51. The van der Waals surface area contributed by atoms with Crippen molar-refractivity contribution in [2.75, 3.05) is 7.11 Å². The van der Waals surface area contributed by atoms with Crippen molar-refractivity contribution in [3.63, 3.8) is 0 Å². The second kappa shape index (κ2) is 7.49. The van der Waals surface area contributed by atoms with E-state index < -0.39 is 10.1 Å². The zero-order valence-corrected chi connectivity index (χ0v) is 14.7. The molecule has 5 nitrogen and oxygen atoms in total. The van der Waals surface area contributed by atoms with Gasteiger partial charge in [-0.05, 0) is 61.7 Å². The lowest BCUT2D eigenvalue weighted by molar-refractivity contribution is -0.116. The number of hydrogen-bond acceptors (Lipinski definition) is 5. The van der Waals surface area contributed by atoms with Crippen molar-refractivity contribution < 1.29 is 22.1 Å². The highest BCUT2D eigenvalue weighted by molar-refractivity contribution is 7.87. The van der Waals surface area contributed by atoms with Crippen molar-refractivity contribution in [2.45, 2.75) is 31.6 Å². The summed E-state index contributed by atoms with van der Waals surface area (Å²) in [6, 6.07) is 11.2. The summed E-state index contributed by atoms with van der Waals surface area (Å²) < 4.78 is 35.0. The summed E-state index contributed by atoms with van der Waals surface area (Å²) in [5.74, 6) is 0.964. The maximum atomic E-state index is 12.3. The number of carbonyl (C=O) groups excluding carboxylic acids is 1. The van der Waals surface area contributed by atoms with Gasteiger partial charge in [-0.1, -0.05) is 12.1 Å². The molecule has 0 aliphatic rings. The first-order valence-corrected chi connectivity index (χ1v) is 8.90. The fraction of sp³-hybridized carbons (Fsp3) is 0.278. The van der Waals surface area contributed by atoms with Crippen molar-refractivity contribution >= 4 is 15.9 Å². The Morgan fingerprint density at radius 2 is 1.75 bits per heavy atom. The van der Waals surface area contributed by atoms with Crippen LogP contribution in [0.25, 0.3) is 0 Å². The third-order valence-electron chi connectivity index (χ3n) is 3.55. The Kier molecular flexibility index (Phi) is 5.62. The average molecular weight is 348 g/mol. The van der Waals surface area contributed by atoms with Crippen molar-refractivity contribution in [1.82, 2.24) is 0 Å². The summed E-state index contributed by atoms with van der Waals surface area (Å²) in [5, 5.41) is 0. The molecule has 2 aromatic carbocycles. The van der Waals surface area contributed by atoms with Crippen LogP contribution in [0.1, 0.15) is 24.5 Å². The molecule has 2 rings (SSSR count). The van der Waals surface area contributed by atoms with Crippen LogP contribution in [0.3, 0.4) is 0 Å². The van der Waals surface area contributed by atoms with E-state index in [2.05, 4.69) is 0 Å². The highest BCUT2D eigenvalue weighted by Crippen LogP contribution is 2.24. The van der Waals surface area contributed by atoms with Gasteiger partial charge in [0, 0.05) is 6.42 Å². The zero-order valence-electron chi connectivity index (χ0n) is 13.9. The zero-order chi connectivity index (χ0) is 17.7. The van der Waals surface area contributed by atoms with Crippen LogP contribution >= 0.6 is 0 Å². The lowest BCUT2D eigenvalue weighted by Crippen LogP contribution is -2.10. The Morgan fingerprint density at radius 1 is 1.08 bits per heavy atom. The minimum atomic E-state index is -3.91. The molecule has 0 radical (unpaired) electrons. The van der Waals surface area contributed by atoms with E-state index in [0.29, 0.717) is 24.2 Å². The number of carbonyl (C=O) groups is 1. The monoisotopic (exact) mass is 348 g/mol. The summed E-state index contributed by atoms with van der Waals surface area (Å²) in [5.41, 5.74) is 1.66. The highest BCUT2D eigenvalue weighted by atomic mass is 32.2. The molecule has 2 aromatic rings. The van der Waals surface area contributed by atoms with Gasteiger partial charge in [0.2, 0.25) is 0 Å². The Labute approximate surface area is 142 Å². The van der Waals surface area contributed by atoms with E-state index in [1.165, 1.54) is 19.2 Å². The Hall–Kier alpha value is -2.34. The van der Waals surface area contributed by atoms with E-state index in [4.69, 9.17) is 8.92 Å². The van der Waals surface area contributed by atoms with Gasteiger partial charge in [-0.3, -0.25) is 0 Å². The molecule has 0 bridgehead atoms. The van der Waals surface area contributed by atoms with Gasteiger partial charge in [0.1, 0.15) is 22.2 Å². The number of ether oxygens (including phenoxy) is 1. The maximum absolute atomic E-state index is 12.3. The highest BCUT2D eigenvalue weighted by Gasteiger charge is 2.18. The first-order chi connectivity index (χ1) is 11.3. The van der Waals surface area contributed by atoms with Crippen molar-refractivity contribution in [3.8, 4) is 11.5 Å². The number of hydrogen-bond donors (Lipinski definition) is 0. The molecule has 0 spiro atoms. The first kappa shape index (κ1) is 18.0. The molecular weight excluding hydrogens is 328 g/mol. The molecule has 128 valence electrons. The van der Waals surface area contributed by atoms with Gasteiger partial charge in [0.15, 0.2) is 0 Å². The van der Waals surface area contributed by atoms with E-state index in [1.54, 1.807) is 44.2 Å². The summed E-state index contributed by atoms with van der Waals surface area (Å²) in [4.78, 5) is 11.1. The minimum Gasteiger partial charge on any atom is -0.496 e. The maximum Gasteiger partial charge on any atom is 0.339 e. The van der Waals surface area contributed by atoms with Crippen LogP contribution in [-0.2, 0) is 21.3 Å². The van der Waals surface area contributed by atoms with Crippen molar-refractivity contribution in [3.05, 3.63) is 53.6 Å². The van der Waals surface area contributed by atoms with Gasteiger partial charge in [0.25, 0.3) is 0 Å². The number of methoxy groups -OCH3 is 1. The average Bonchev–Trinajstić information content (AvgIpc) is 2.53. The van der Waals surface area contributed by atoms with Gasteiger partial charge in [0.05, 0.1) is 7.11 Å². The second-order valence-corrected chi connectivity index (χ2v) is 7.06. The molecule has 0 aliphatic heterocycles. The summed E-state index contributed by atoms with van der Waals surface area (Å²) >= 11 is 0. The number of rotatable bonds is 7. The number of ketones is 1. The summed E-state index contributed by atoms with van der Waals surface area (Å²) in [6.07, 6.45) is 1.09. The molecule has 0 aliphatic carbocycles. The predicted molar refractivity (Wildman–Crippen MR) is 91.0 cm³/mol. The van der Waals surface area contributed by atoms with Crippen LogP contribution in [0.5, 0.6) is 11.5 Å². The van der Waals surface area contributed by atoms with Crippen LogP contribution in [0.2, 0.25) is 0 Å². The molecule has 0 aromatic heterocycles. The van der Waals surface area contributed by atoms with Gasteiger partial charge < -0.3 is 13.7 Å². The molecule has 0 unspecified atom stereocenters. The molecule has 24 heavy (non-hydrogen) atoms. The smallest absolute Gasteiger partial charge is 0.339 e. The Bertz CT molecular complexity index is 823. The van der Waals surface area contributed by atoms with Crippen LogP contribution in [0.15, 0.2) is 47.4 Å². The van der Waals surface area contributed by atoms with E-state index in [-0.39, 0.29) is 16.4 Å². The van der Waals surface area contributed by atoms with Gasteiger partial charge >= 0.3 is 10.1 Å². The number of benzene rings is 2. The van der Waals surface area contributed by atoms with Gasteiger partial charge in [-0.15, -0.1) is 0 Å². The topological polar surface area (TPSA) is 69.7 Å². The van der Waals surface area contributed by atoms with Crippen LogP contribution in [0.4, 0.5) is 0 Å². The van der Waals surface area contributed by atoms with Crippen LogP contribution in [-0.4, -0.2) is 21.3 Å². The molecule has 0 saturated carbocycles. The summed E-state index contributed by atoms with van der Waals surface area (Å²) in [7, 11) is -2.38. The van der Waals surface area contributed by atoms with E-state index in [9.17, 15) is 13.2 Å². The molecule has 0 fully saturated rings. The fourth-order valence-corrected chi connectivity index (χ4v) is 3.23. The van der Waals surface area contributed by atoms with E-state index in [0.717, 1.165) is 5.56 Å². The normalized spacial score (nSPS) is 11.1. The SMILES string of the molecule is COc1ccc(S(=O)(=O)Oc2ccc(CCC(C)=O)cc2)cc1C. The lowest BCUT2D eigenvalue weighted by atomic mass is 10.1. The van der Waals surface area contributed by atoms with Crippen molar-refractivity contribution in [2.24, 2.45) is 0 Å².